The van der Waals surface area contributed by atoms with E-state index in [1.165, 1.54) is 0 Å². The third-order valence-corrected chi connectivity index (χ3v) is 1.53. The smallest absolute Gasteiger partial charge is 0.138 e. The third kappa shape index (κ3) is 1.78. The lowest BCUT2D eigenvalue weighted by Crippen LogP contribution is -2.16. The van der Waals surface area contributed by atoms with Gasteiger partial charge in [-0.2, -0.15) is 0 Å². The summed E-state index contributed by atoms with van der Waals surface area (Å²) in [4.78, 5) is 0. The fourth-order valence-corrected chi connectivity index (χ4v) is 0.932. The van der Waals surface area contributed by atoms with Crippen molar-refractivity contribution in [3.63, 3.8) is 0 Å². The van der Waals surface area contributed by atoms with Crippen LogP contribution in [0.3, 0.4) is 0 Å². The average molecular weight is 156 g/mol. The minimum Gasteiger partial charge on any atom is -0.383 e. The van der Waals surface area contributed by atoms with Crippen molar-refractivity contribution in [3.8, 4) is 0 Å². The van der Waals surface area contributed by atoms with Gasteiger partial charge in [-0.1, -0.05) is 5.16 Å². The van der Waals surface area contributed by atoms with E-state index in [-0.39, 0.29) is 6.04 Å². The molecule has 0 aromatic carbocycles. The van der Waals surface area contributed by atoms with Crippen LogP contribution in [0.5, 0.6) is 0 Å². The molecule has 4 heteroatoms. The van der Waals surface area contributed by atoms with E-state index < -0.39 is 0 Å². The molecular weight excluding hydrogens is 144 g/mol. The van der Waals surface area contributed by atoms with E-state index in [4.69, 9.17) is 15.0 Å². The monoisotopic (exact) mass is 156 g/mol. The number of aryl methyl sites for hydroxylation is 1. The number of ether oxygens (including phenoxy) is 1. The molecule has 0 fully saturated rings. The van der Waals surface area contributed by atoms with Gasteiger partial charge in [-0.3, -0.25) is 0 Å². The Kier molecular flexibility index (Phi) is 2.62. The lowest BCUT2D eigenvalue weighted by molar-refractivity contribution is 0.180. The van der Waals surface area contributed by atoms with Crippen LogP contribution in [0.1, 0.15) is 17.4 Å². The van der Waals surface area contributed by atoms with Crippen LogP contribution in [0.4, 0.5) is 0 Å². The Hall–Kier alpha value is -0.870. The van der Waals surface area contributed by atoms with Gasteiger partial charge in [0.05, 0.1) is 18.8 Å². The topological polar surface area (TPSA) is 61.3 Å². The standard InChI is InChI=1S/C7H12N2O2/c1-5-6(3-9-11-5)7(8)4-10-2/h3,7H,4,8H2,1-2H3. The number of hydrogen-bond acceptors (Lipinski definition) is 4. The van der Waals surface area contributed by atoms with Crippen LogP contribution >= 0.6 is 0 Å². The van der Waals surface area contributed by atoms with E-state index in [2.05, 4.69) is 5.16 Å². The van der Waals surface area contributed by atoms with Gasteiger partial charge in [-0.05, 0) is 6.92 Å². The Bertz CT molecular complexity index is 222. The molecule has 0 radical (unpaired) electrons. The molecule has 1 rings (SSSR count). The van der Waals surface area contributed by atoms with Gasteiger partial charge < -0.3 is 15.0 Å². The molecule has 0 saturated carbocycles. The van der Waals surface area contributed by atoms with Crippen molar-refractivity contribution in [1.29, 1.82) is 0 Å². The summed E-state index contributed by atoms with van der Waals surface area (Å²) in [5.41, 5.74) is 6.63. The molecule has 1 aromatic heterocycles. The maximum absolute atomic E-state index is 5.73. The molecule has 0 bridgehead atoms. The van der Waals surface area contributed by atoms with E-state index in [1.54, 1.807) is 13.3 Å². The lowest BCUT2D eigenvalue weighted by atomic mass is 10.1. The largest absolute Gasteiger partial charge is 0.383 e. The Balaban J connectivity index is 2.67. The van der Waals surface area contributed by atoms with Gasteiger partial charge in [0, 0.05) is 12.7 Å². The van der Waals surface area contributed by atoms with Crippen LogP contribution in [0.25, 0.3) is 0 Å². The number of rotatable bonds is 3. The van der Waals surface area contributed by atoms with Crippen molar-refractivity contribution in [2.75, 3.05) is 13.7 Å². The Morgan fingerprint density at radius 3 is 3.00 bits per heavy atom. The van der Waals surface area contributed by atoms with E-state index in [1.807, 2.05) is 6.92 Å². The second-order valence-corrected chi connectivity index (χ2v) is 2.40. The summed E-state index contributed by atoms with van der Waals surface area (Å²) < 4.78 is 9.73. The first-order valence-electron chi connectivity index (χ1n) is 3.41. The quantitative estimate of drug-likeness (QED) is 0.697. The summed E-state index contributed by atoms with van der Waals surface area (Å²) in [5, 5.41) is 3.61. The molecule has 0 saturated heterocycles. The molecule has 0 aliphatic rings. The first-order chi connectivity index (χ1) is 5.25. The predicted octanol–water partition coefficient (Wildman–Crippen LogP) is 0.629. The fraction of sp³-hybridized carbons (Fsp3) is 0.571. The minimum atomic E-state index is -0.133. The molecular formula is C7H12N2O2. The van der Waals surface area contributed by atoms with Crippen molar-refractivity contribution in [2.24, 2.45) is 5.73 Å². The number of nitrogens with two attached hydrogens (primary N) is 1. The summed E-state index contributed by atoms with van der Waals surface area (Å²) in [5.74, 6) is 0.759. The predicted molar refractivity (Wildman–Crippen MR) is 40.0 cm³/mol. The summed E-state index contributed by atoms with van der Waals surface area (Å²) in [6.45, 7) is 2.32. The molecule has 1 aromatic rings. The van der Waals surface area contributed by atoms with Gasteiger partial charge >= 0.3 is 0 Å². The molecule has 0 spiro atoms. The normalized spacial score (nSPS) is 13.4. The van der Waals surface area contributed by atoms with Crippen LogP contribution in [-0.2, 0) is 4.74 Å². The Morgan fingerprint density at radius 2 is 2.55 bits per heavy atom. The van der Waals surface area contributed by atoms with Crippen LogP contribution in [-0.4, -0.2) is 18.9 Å². The van der Waals surface area contributed by atoms with Gasteiger partial charge in [0.25, 0.3) is 0 Å². The molecule has 0 amide bonds. The summed E-state index contributed by atoms with van der Waals surface area (Å²) in [6, 6.07) is -0.133. The first kappa shape index (κ1) is 8.23. The third-order valence-electron chi connectivity index (χ3n) is 1.53. The second-order valence-electron chi connectivity index (χ2n) is 2.40. The van der Waals surface area contributed by atoms with E-state index in [0.29, 0.717) is 6.61 Å². The Morgan fingerprint density at radius 1 is 1.82 bits per heavy atom. The van der Waals surface area contributed by atoms with Gasteiger partial charge in [0.2, 0.25) is 0 Å². The van der Waals surface area contributed by atoms with Crippen LogP contribution in [0.15, 0.2) is 10.7 Å². The van der Waals surface area contributed by atoms with Crippen molar-refractivity contribution in [2.45, 2.75) is 13.0 Å². The summed E-state index contributed by atoms with van der Waals surface area (Å²) >= 11 is 0. The van der Waals surface area contributed by atoms with Crippen molar-refractivity contribution < 1.29 is 9.26 Å². The van der Waals surface area contributed by atoms with Gasteiger partial charge in [0.15, 0.2) is 0 Å². The highest BCUT2D eigenvalue weighted by molar-refractivity contribution is 5.16. The van der Waals surface area contributed by atoms with E-state index >= 15 is 0 Å². The van der Waals surface area contributed by atoms with Crippen molar-refractivity contribution in [1.82, 2.24) is 5.16 Å². The van der Waals surface area contributed by atoms with Crippen molar-refractivity contribution >= 4 is 0 Å². The fourth-order valence-electron chi connectivity index (χ4n) is 0.932. The highest BCUT2D eigenvalue weighted by Crippen LogP contribution is 2.13. The zero-order chi connectivity index (χ0) is 8.27. The van der Waals surface area contributed by atoms with Gasteiger partial charge in [-0.15, -0.1) is 0 Å². The van der Waals surface area contributed by atoms with E-state index in [9.17, 15) is 0 Å². The maximum atomic E-state index is 5.73. The highest BCUT2D eigenvalue weighted by atomic mass is 16.5. The van der Waals surface area contributed by atoms with Gasteiger partial charge in [-0.25, -0.2) is 0 Å². The van der Waals surface area contributed by atoms with Crippen LogP contribution in [0, 0.1) is 6.92 Å². The van der Waals surface area contributed by atoms with Crippen LogP contribution < -0.4 is 5.73 Å². The summed E-state index contributed by atoms with van der Waals surface area (Å²) in [6.07, 6.45) is 1.62. The molecule has 0 aliphatic carbocycles. The van der Waals surface area contributed by atoms with E-state index in [0.717, 1.165) is 11.3 Å². The maximum Gasteiger partial charge on any atom is 0.138 e. The van der Waals surface area contributed by atoms with Crippen molar-refractivity contribution in [3.05, 3.63) is 17.5 Å². The molecule has 1 atom stereocenters. The molecule has 62 valence electrons. The first-order valence-corrected chi connectivity index (χ1v) is 3.41. The zero-order valence-electron chi connectivity index (χ0n) is 6.70. The molecule has 2 N–H and O–H groups in total. The molecule has 4 nitrogen and oxygen atoms in total. The highest BCUT2D eigenvalue weighted by Gasteiger charge is 2.11. The lowest BCUT2D eigenvalue weighted by Gasteiger charge is -2.06. The van der Waals surface area contributed by atoms with Gasteiger partial charge in [0.1, 0.15) is 5.76 Å². The summed E-state index contributed by atoms with van der Waals surface area (Å²) in [7, 11) is 1.61. The number of nitrogens with zero attached hydrogens (tertiary/aromatic N) is 1. The van der Waals surface area contributed by atoms with Crippen LogP contribution in [0.2, 0.25) is 0 Å². The Labute approximate surface area is 65.3 Å². The number of methoxy groups -OCH3 is 1. The second kappa shape index (κ2) is 3.50. The minimum absolute atomic E-state index is 0.133. The molecule has 1 heterocycles. The average Bonchev–Trinajstić information content (AvgIpc) is 2.36. The zero-order valence-corrected chi connectivity index (χ0v) is 6.70. The number of aromatic nitrogens is 1. The SMILES string of the molecule is COCC(N)c1cnoc1C. The molecule has 1 unspecified atom stereocenters. The molecule has 0 aliphatic heterocycles. The number of hydrogen-bond donors (Lipinski definition) is 1. The molecule has 11 heavy (non-hydrogen) atoms.